The van der Waals surface area contributed by atoms with Crippen LogP contribution in [0.4, 0.5) is 0 Å². The van der Waals surface area contributed by atoms with E-state index in [9.17, 15) is 14.4 Å². The molecule has 0 spiro atoms. The number of nitrogens with two attached hydrogens (primary N) is 3. The van der Waals surface area contributed by atoms with Crippen LogP contribution in [0.15, 0.2) is 24.3 Å². The highest BCUT2D eigenvalue weighted by atomic mass is 16.5. The first-order valence-corrected chi connectivity index (χ1v) is 5.55. The Hall–Kier alpha value is -2.41. The van der Waals surface area contributed by atoms with Gasteiger partial charge in [0.2, 0.25) is 11.8 Å². The molecule has 1 atom stereocenters. The standard InChI is InChI=1S/C12H15N3O4/c13-9(4-5-10(14)16)12(18)19-8-3-1-2-7(6-8)11(15)17/h1-3,6,9H,4-5,13H2,(H2,14,16)(H2,15,17)/t9-/m0/s1. The lowest BCUT2D eigenvalue weighted by atomic mass is 10.1. The molecule has 0 saturated carbocycles. The number of ether oxygens (including phenoxy) is 1. The third kappa shape index (κ3) is 4.76. The highest BCUT2D eigenvalue weighted by Crippen LogP contribution is 2.14. The summed E-state index contributed by atoms with van der Waals surface area (Å²) in [6.07, 6.45) is 0.0985. The van der Waals surface area contributed by atoms with Crippen LogP contribution in [0.5, 0.6) is 5.75 Å². The molecule has 0 aliphatic carbocycles. The number of esters is 1. The van der Waals surface area contributed by atoms with E-state index in [1.807, 2.05) is 0 Å². The molecule has 7 heteroatoms. The molecule has 0 heterocycles. The zero-order chi connectivity index (χ0) is 14.4. The summed E-state index contributed by atoms with van der Waals surface area (Å²) in [7, 11) is 0. The lowest BCUT2D eigenvalue weighted by molar-refractivity contribution is -0.136. The Morgan fingerprint density at radius 1 is 1.21 bits per heavy atom. The van der Waals surface area contributed by atoms with Crippen molar-refractivity contribution in [2.45, 2.75) is 18.9 Å². The Labute approximate surface area is 109 Å². The molecule has 2 amide bonds. The van der Waals surface area contributed by atoms with Gasteiger partial charge in [-0.25, -0.2) is 4.79 Å². The Bertz CT molecular complexity index is 502. The van der Waals surface area contributed by atoms with Crippen molar-refractivity contribution in [3.63, 3.8) is 0 Å². The molecule has 0 bridgehead atoms. The predicted molar refractivity (Wildman–Crippen MR) is 67.0 cm³/mol. The van der Waals surface area contributed by atoms with E-state index < -0.39 is 23.8 Å². The SMILES string of the molecule is NC(=O)CC[C@H](N)C(=O)Oc1cccc(C(N)=O)c1. The molecular weight excluding hydrogens is 250 g/mol. The molecule has 0 aromatic heterocycles. The molecule has 0 saturated heterocycles. The van der Waals surface area contributed by atoms with Crippen LogP contribution in [0, 0.1) is 0 Å². The molecule has 102 valence electrons. The maximum absolute atomic E-state index is 11.6. The van der Waals surface area contributed by atoms with E-state index in [2.05, 4.69) is 0 Å². The predicted octanol–water partition coefficient (Wildman–Crippen LogP) is -0.716. The summed E-state index contributed by atoms with van der Waals surface area (Å²) in [6.45, 7) is 0. The highest BCUT2D eigenvalue weighted by molar-refractivity contribution is 5.93. The van der Waals surface area contributed by atoms with Crippen molar-refractivity contribution in [3.8, 4) is 5.75 Å². The van der Waals surface area contributed by atoms with E-state index in [1.165, 1.54) is 24.3 Å². The summed E-state index contributed by atoms with van der Waals surface area (Å²) in [6, 6.07) is 4.89. The van der Waals surface area contributed by atoms with Crippen molar-refractivity contribution in [2.75, 3.05) is 0 Å². The smallest absolute Gasteiger partial charge is 0.328 e. The zero-order valence-electron chi connectivity index (χ0n) is 10.2. The third-order valence-electron chi connectivity index (χ3n) is 2.34. The Morgan fingerprint density at radius 3 is 2.47 bits per heavy atom. The fourth-order valence-electron chi connectivity index (χ4n) is 1.32. The fraction of sp³-hybridized carbons (Fsp3) is 0.250. The first-order valence-electron chi connectivity index (χ1n) is 5.55. The largest absolute Gasteiger partial charge is 0.425 e. The molecule has 1 aromatic carbocycles. The summed E-state index contributed by atoms with van der Waals surface area (Å²) in [5.74, 6) is -1.71. The molecular formula is C12H15N3O4. The van der Waals surface area contributed by atoms with Gasteiger partial charge in [0, 0.05) is 12.0 Å². The van der Waals surface area contributed by atoms with Crippen molar-refractivity contribution in [3.05, 3.63) is 29.8 Å². The fourth-order valence-corrected chi connectivity index (χ4v) is 1.32. The molecule has 0 fully saturated rings. The molecule has 19 heavy (non-hydrogen) atoms. The van der Waals surface area contributed by atoms with Gasteiger partial charge in [-0.15, -0.1) is 0 Å². The van der Waals surface area contributed by atoms with Gasteiger partial charge in [-0.05, 0) is 24.6 Å². The second kappa shape index (κ2) is 6.50. The zero-order valence-corrected chi connectivity index (χ0v) is 10.2. The molecule has 0 radical (unpaired) electrons. The summed E-state index contributed by atoms with van der Waals surface area (Å²) in [5.41, 5.74) is 15.8. The summed E-state index contributed by atoms with van der Waals surface area (Å²) >= 11 is 0. The molecule has 6 N–H and O–H groups in total. The minimum atomic E-state index is -0.954. The summed E-state index contributed by atoms with van der Waals surface area (Å²) in [4.78, 5) is 33.1. The summed E-state index contributed by atoms with van der Waals surface area (Å²) < 4.78 is 4.98. The second-order valence-corrected chi connectivity index (χ2v) is 3.92. The Morgan fingerprint density at radius 2 is 1.89 bits per heavy atom. The van der Waals surface area contributed by atoms with Crippen LogP contribution in [0.3, 0.4) is 0 Å². The van der Waals surface area contributed by atoms with Crippen LogP contribution >= 0.6 is 0 Å². The van der Waals surface area contributed by atoms with Crippen LogP contribution in [-0.2, 0) is 9.59 Å². The van der Waals surface area contributed by atoms with Gasteiger partial charge in [0.25, 0.3) is 0 Å². The first-order chi connectivity index (χ1) is 8.90. The van der Waals surface area contributed by atoms with Crippen molar-refractivity contribution in [1.29, 1.82) is 0 Å². The monoisotopic (exact) mass is 265 g/mol. The number of carbonyl (C=O) groups is 3. The number of amides is 2. The van der Waals surface area contributed by atoms with Gasteiger partial charge >= 0.3 is 5.97 Å². The van der Waals surface area contributed by atoms with Crippen LogP contribution in [-0.4, -0.2) is 23.8 Å². The van der Waals surface area contributed by atoms with Gasteiger partial charge < -0.3 is 21.9 Å². The van der Waals surface area contributed by atoms with Crippen molar-refractivity contribution >= 4 is 17.8 Å². The molecule has 0 unspecified atom stereocenters. The van der Waals surface area contributed by atoms with Crippen LogP contribution in [0.2, 0.25) is 0 Å². The average molecular weight is 265 g/mol. The minimum Gasteiger partial charge on any atom is -0.425 e. The quantitative estimate of drug-likeness (QED) is 0.460. The van der Waals surface area contributed by atoms with Crippen LogP contribution < -0.4 is 21.9 Å². The first kappa shape index (κ1) is 14.7. The lowest BCUT2D eigenvalue weighted by Gasteiger charge is -2.10. The van der Waals surface area contributed by atoms with Crippen molar-refractivity contribution < 1.29 is 19.1 Å². The number of primary amides is 2. The maximum atomic E-state index is 11.6. The number of rotatable bonds is 6. The number of hydrogen-bond acceptors (Lipinski definition) is 5. The van der Waals surface area contributed by atoms with E-state index in [0.717, 1.165) is 0 Å². The van der Waals surface area contributed by atoms with Gasteiger partial charge in [-0.2, -0.15) is 0 Å². The minimum absolute atomic E-state index is 0.00239. The van der Waals surface area contributed by atoms with E-state index >= 15 is 0 Å². The lowest BCUT2D eigenvalue weighted by Crippen LogP contribution is -2.35. The number of benzene rings is 1. The van der Waals surface area contributed by atoms with Crippen LogP contribution in [0.1, 0.15) is 23.2 Å². The topological polar surface area (TPSA) is 138 Å². The maximum Gasteiger partial charge on any atom is 0.328 e. The second-order valence-electron chi connectivity index (χ2n) is 3.92. The number of carbonyl (C=O) groups excluding carboxylic acids is 3. The molecule has 1 rings (SSSR count). The van der Waals surface area contributed by atoms with Gasteiger partial charge in [-0.1, -0.05) is 6.07 Å². The third-order valence-corrected chi connectivity index (χ3v) is 2.34. The van der Waals surface area contributed by atoms with E-state index in [-0.39, 0.29) is 24.2 Å². The summed E-state index contributed by atoms with van der Waals surface area (Å²) in [5, 5.41) is 0. The van der Waals surface area contributed by atoms with Crippen molar-refractivity contribution in [1.82, 2.24) is 0 Å². The van der Waals surface area contributed by atoms with Crippen molar-refractivity contribution in [2.24, 2.45) is 17.2 Å². The Kier molecular flexibility index (Phi) is 5.01. The average Bonchev–Trinajstić information content (AvgIpc) is 2.36. The van der Waals surface area contributed by atoms with Gasteiger partial charge in [0.1, 0.15) is 11.8 Å². The van der Waals surface area contributed by atoms with E-state index in [4.69, 9.17) is 21.9 Å². The van der Waals surface area contributed by atoms with Gasteiger partial charge in [0.15, 0.2) is 0 Å². The normalized spacial score (nSPS) is 11.6. The molecule has 0 aliphatic heterocycles. The van der Waals surface area contributed by atoms with Gasteiger partial charge in [-0.3, -0.25) is 9.59 Å². The van der Waals surface area contributed by atoms with E-state index in [0.29, 0.717) is 0 Å². The highest BCUT2D eigenvalue weighted by Gasteiger charge is 2.17. The number of hydrogen-bond donors (Lipinski definition) is 3. The molecule has 0 aliphatic rings. The Balaban J connectivity index is 2.63. The molecule has 7 nitrogen and oxygen atoms in total. The van der Waals surface area contributed by atoms with Crippen LogP contribution in [0.25, 0.3) is 0 Å². The van der Waals surface area contributed by atoms with Gasteiger partial charge in [0.05, 0.1) is 0 Å². The molecule has 1 aromatic rings. The van der Waals surface area contributed by atoms with E-state index in [1.54, 1.807) is 0 Å².